The molecule has 8 heteroatoms. The van der Waals surface area contributed by atoms with Crippen LogP contribution in [0.25, 0.3) is 16.5 Å². The first kappa shape index (κ1) is 23.6. The predicted octanol–water partition coefficient (Wildman–Crippen LogP) is 6.07. The maximum atomic E-state index is 13.6. The Bertz CT molecular complexity index is 1320. The minimum atomic E-state index is -4.61. The lowest BCUT2D eigenvalue weighted by atomic mass is 9.71. The van der Waals surface area contributed by atoms with E-state index >= 15 is 0 Å². The second-order valence-electron chi connectivity index (χ2n) is 9.47. The summed E-state index contributed by atoms with van der Waals surface area (Å²) in [6.45, 7) is 7.68. The summed E-state index contributed by atoms with van der Waals surface area (Å²) in [5.74, 6) is -2.07. The van der Waals surface area contributed by atoms with Crippen molar-refractivity contribution in [1.29, 1.82) is 0 Å². The molecule has 2 N–H and O–H groups in total. The van der Waals surface area contributed by atoms with Crippen LogP contribution in [0.2, 0.25) is 0 Å². The molecule has 4 rings (SSSR count). The largest absolute Gasteiger partial charge is 0.478 e. The normalized spacial score (nSPS) is 17.9. The zero-order valence-corrected chi connectivity index (χ0v) is 19.2. The monoisotopic (exact) mass is 470 g/mol. The van der Waals surface area contributed by atoms with Gasteiger partial charge >= 0.3 is 12.1 Å². The summed E-state index contributed by atoms with van der Waals surface area (Å²) in [6, 6.07) is 11.1. The minimum Gasteiger partial charge on any atom is -0.478 e. The van der Waals surface area contributed by atoms with E-state index in [4.69, 9.17) is 0 Å². The molecule has 0 bridgehead atoms. The molecule has 0 fully saturated rings. The van der Waals surface area contributed by atoms with Crippen molar-refractivity contribution in [2.24, 2.45) is 5.92 Å². The van der Waals surface area contributed by atoms with Gasteiger partial charge in [-0.05, 0) is 35.7 Å². The summed E-state index contributed by atoms with van der Waals surface area (Å²) in [6.07, 6.45) is -3.34. The van der Waals surface area contributed by atoms with Crippen molar-refractivity contribution in [3.05, 3.63) is 77.1 Å². The molecule has 0 saturated carbocycles. The van der Waals surface area contributed by atoms with E-state index in [1.165, 1.54) is 23.2 Å². The highest BCUT2D eigenvalue weighted by Crippen LogP contribution is 2.45. The Morgan fingerprint density at radius 3 is 2.38 bits per heavy atom. The lowest BCUT2D eigenvalue weighted by molar-refractivity contribution is -0.137. The van der Waals surface area contributed by atoms with Crippen molar-refractivity contribution in [2.75, 3.05) is 0 Å². The van der Waals surface area contributed by atoms with Gasteiger partial charge < -0.3 is 15.0 Å². The second-order valence-corrected chi connectivity index (χ2v) is 9.47. The number of hydrogen-bond acceptors (Lipinski definition) is 2. The number of aromatic amines is 1. The third kappa shape index (κ3) is 3.77. The lowest BCUT2D eigenvalue weighted by Crippen LogP contribution is -2.50. The average molecular weight is 470 g/mol. The molecule has 5 nitrogen and oxygen atoms in total. The fourth-order valence-electron chi connectivity index (χ4n) is 5.27. The molecule has 1 aliphatic heterocycles. The van der Waals surface area contributed by atoms with Crippen LogP contribution in [0, 0.1) is 5.92 Å². The molecule has 2 heterocycles. The summed E-state index contributed by atoms with van der Waals surface area (Å²) in [5.41, 5.74) is -0.0392. The number of aliphatic carboxylic acids is 1. The Morgan fingerprint density at radius 2 is 1.76 bits per heavy atom. The summed E-state index contributed by atoms with van der Waals surface area (Å²) in [5, 5.41) is 10.9. The highest BCUT2D eigenvalue weighted by molar-refractivity contribution is 6.17. The van der Waals surface area contributed by atoms with E-state index in [0.29, 0.717) is 5.69 Å². The van der Waals surface area contributed by atoms with Crippen LogP contribution in [0.5, 0.6) is 0 Å². The smallest absolute Gasteiger partial charge is 0.416 e. The predicted molar refractivity (Wildman–Crippen MR) is 123 cm³/mol. The molecule has 0 aliphatic carbocycles. The minimum absolute atomic E-state index is 0.122. The summed E-state index contributed by atoms with van der Waals surface area (Å²) >= 11 is 0. The number of carboxylic acid groups (broad SMARTS) is 1. The van der Waals surface area contributed by atoms with Crippen molar-refractivity contribution in [3.63, 3.8) is 0 Å². The van der Waals surface area contributed by atoms with E-state index in [2.05, 4.69) is 4.98 Å². The van der Waals surface area contributed by atoms with Gasteiger partial charge in [0.05, 0.1) is 16.8 Å². The molecular formula is C26H25F3N2O3. The molecule has 0 saturated heterocycles. The number of benzene rings is 2. The average Bonchev–Trinajstić information content (AvgIpc) is 3.10. The zero-order valence-electron chi connectivity index (χ0n) is 19.2. The number of nitrogens with one attached hydrogen (secondary N) is 1. The first-order chi connectivity index (χ1) is 15.8. The topological polar surface area (TPSA) is 73.4 Å². The van der Waals surface area contributed by atoms with E-state index in [0.717, 1.165) is 28.6 Å². The van der Waals surface area contributed by atoms with Gasteiger partial charge in [0.15, 0.2) is 0 Å². The number of halogens is 3. The van der Waals surface area contributed by atoms with E-state index < -0.39 is 35.1 Å². The van der Waals surface area contributed by atoms with Gasteiger partial charge in [-0.3, -0.25) is 4.79 Å². The van der Waals surface area contributed by atoms with Crippen LogP contribution < -0.4 is 0 Å². The van der Waals surface area contributed by atoms with Gasteiger partial charge in [-0.25, -0.2) is 4.79 Å². The Morgan fingerprint density at radius 1 is 1.09 bits per heavy atom. The van der Waals surface area contributed by atoms with Gasteiger partial charge in [0.2, 0.25) is 0 Å². The number of para-hydroxylation sites is 1. The quantitative estimate of drug-likeness (QED) is 0.488. The molecule has 34 heavy (non-hydrogen) atoms. The Labute approximate surface area is 194 Å². The van der Waals surface area contributed by atoms with Crippen LogP contribution in [-0.4, -0.2) is 32.9 Å². The van der Waals surface area contributed by atoms with Gasteiger partial charge in [-0.15, -0.1) is 0 Å². The number of carbonyl (C=O) groups is 2. The van der Waals surface area contributed by atoms with Crippen molar-refractivity contribution < 1.29 is 27.9 Å². The van der Waals surface area contributed by atoms with Crippen molar-refractivity contribution in [1.82, 2.24) is 9.88 Å². The van der Waals surface area contributed by atoms with Gasteiger partial charge in [0, 0.05) is 34.1 Å². The van der Waals surface area contributed by atoms with E-state index in [1.807, 2.05) is 52.0 Å². The van der Waals surface area contributed by atoms with E-state index in [1.54, 1.807) is 0 Å². The zero-order chi connectivity index (χ0) is 25.0. The Hall–Kier alpha value is -3.55. The SMILES string of the molecule is CC(C)C1N(C(=O)c2cccc(C(F)(F)F)c2)C=C(C(=O)O)c2[nH]c3ccccc3c2C1(C)C. The number of aromatic nitrogens is 1. The standard InChI is InChI=1S/C26H25F3N2O3/c1-14(2)22-25(3,4)20-17-10-5-6-11-19(17)30-21(20)18(24(33)34)13-31(22)23(32)15-8-7-9-16(12-15)26(27,28)29/h5-14,22,30H,1-4H3,(H,33,34). The number of nitrogens with zero attached hydrogens (tertiary/aromatic N) is 1. The fraction of sp³-hybridized carbons (Fsp3) is 0.308. The second kappa shape index (κ2) is 8.04. The molecule has 0 radical (unpaired) electrons. The molecule has 3 aromatic rings. The van der Waals surface area contributed by atoms with Crippen LogP contribution in [0.4, 0.5) is 13.2 Å². The highest BCUT2D eigenvalue weighted by atomic mass is 19.4. The molecule has 1 aliphatic rings. The molecule has 1 aromatic heterocycles. The summed E-state index contributed by atoms with van der Waals surface area (Å²) in [4.78, 5) is 30.5. The number of carboxylic acids is 1. The van der Waals surface area contributed by atoms with Gasteiger partial charge in [0.1, 0.15) is 0 Å². The molecule has 2 aromatic carbocycles. The number of alkyl halides is 3. The van der Waals surface area contributed by atoms with Crippen molar-refractivity contribution in [2.45, 2.75) is 45.3 Å². The van der Waals surface area contributed by atoms with Crippen molar-refractivity contribution >= 4 is 28.4 Å². The number of fused-ring (bicyclic) bond motifs is 3. The number of H-pyrrole nitrogens is 1. The molecule has 0 spiro atoms. The van der Waals surface area contributed by atoms with E-state index in [9.17, 15) is 27.9 Å². The number of rotatable bonds is 3. The summed E-state index contributed by atoms with van der Waals surface area (Å²) in [7, 11) is 0. The van der Waals surface area contributed by atoms with Crippen LogP contribution in [0.3, 0.4) is 0 Å². The molecule has 1 atom stereocenters. The first-order valence-electron chi connectivity index (χ1n) is 10.9. The van der Waals surface area contributed by atoms with Gasteiger partial charge in [0.25, 0.3) is 5.91 Å². The lowest BCUT2D eigenvalue weighted by Gasteiger charge is -2.42. The van der Waals surface area contributed by atoms with Crippen LogP contribution in [0.1, 0.15) is 54.9 Å². The molecular weight excluding hydrogens is 445 g/mol. The maximum Gasteiger partial charge on any atom is 0.416 e. The molecule has 1 amide bonds. The third-order valence-electron chi connectivity index (χ3n) is 6.46. The van der Waals surface area contributed by atoms with Crippen LogP contribution >= 0.6 is 0 Å². The van der Waals surface area contributed by atoms with Crippen molar-refractivity contribution in [3.8, 4) is 0 Å². The number of carbonyl (C=O) groups excluding carboxylic acids is 1. The first-order valence-corrected chi connectivity index (χ1v) is 10.9. The molecule has 178 valence electrons. The van der Waals surface area contributed by atoms with E-state index in [-0.39, 0.29) is 17.1 Å². The van der Waals surface area contributed by atoms with Crippen LogP contribution in [0.15, 0.2) is 54.7 Å². The Kier molecular flexibility index (Phi) is 5.58. The maximum absolute atomic E-state index is 13.6. The fourth-order valence-corrected chi connectivity index (χ4v) is 5.27. The Balaban J connectivity index is 1.97. The van der Waals surface area contributed by atoms with Crippen LogP contribution in [-0.2, 0) is 16.4 Å². The van der Waals surface area contributed by atoms with Gasteiger partial charge in [-0.1, -0.05) is 52.0 Å². The highest BCUT2D eigenvalue weighted by Gasteiger charge is 2.46. The third-order valence-corrected chi connectivity index (χ3v) is 6.46. The van der Waals surface area contributed by atoms with Gasteiger partial charge in [-0.2, -0.15) is 13.2 Å². The molecule has 1 unspecified atom stereocenters. The summed E-state index contributed by atoms with van der Waals surface area (Å²) < 4.78 is 39.9. The number of amides is 1. The number of hydrogen-bond donors (Lipinski definition) is 2.